The molecular formula is C58H38Cl2CoN16Na5O20S4+5. The van der Waals surface area contributed by atoms with Crippen LogP contribution in [0.2, 0.25) is 10.6 Å². The van der Waals surface area contributed by atoms with Crippen LogP contribution < -0.4 is 180 Å². The number of ketones is 2. The summed E-state index contributed by atoms with van der Waals surface area (Å²) < 4.78 is 137. The number of phenolic OH excluding ortho intramolecular Hbond substituents is 2. The average molecular weight is 1650 g/mol. The molecule has 10 aromatic rings. The van der Waals surface area contributed by atoms with Crippen molar-refractivity contribution in [2.75, 3.05) is 32.1 Å². The number of hydrogen-bond donors (Lipinski definition) is 12. The molecule has 0 fully saturated rings. The second-order valence-corrected chi connectivity index (χ2v) is 26.8. The van der Waals surface area contributed by atoms with Crippen molar-refractivity contribution in [1.82, 2.24) is 29.9 Å². The monoisotopic (exact) mass is 1650 g/mol. The van der Waals surface area contributed by atoms with Crippen molar-refractivity contribution in [2.24, 2.45) is 10.2 Å². The van der Waals surface area contributed by atoms with Crippen molar-refractivity contribution < 1.29 is 246 Å². The van der Waals surface area contributed by atoms with Crippen LogP contribution in [0.4, 0.5) is 69.3 Å². The van der Waals surface area contributed by atoms with Gasteiger partial charge in [-0.3, -0.25) is 58.9 Å². The van der Waals surface area contributed by atoms with E-state index in [9.17, 15) is 91.9 Å². The van der Waals surface area contributed by atoms with Crippen molar-refractivity contribution in [1.29, 1.82) is 0 Å². The van der Waals surface area contributed by atoms with Crippen LogP contribution in [-0.4, -0.2) is 125 Å². The number of carbonyl (C=O) groups is 2. The normalized spacial score (nSPS) is 13.1. The number of nitrogens with zero attached hydrogens (tertiary/aromatic N) is 10. The molecule has 0 unspecified atom stereocenters. The molecule has 0 bridgehead atoms. The number of nitrogens with one attached hydrogen (secondary N) is 6. The van der Waals surface area contributed by atoms with Crippen LogP contribution in [0.3, 0.4) is 0 Å². The van der Waals surface area contributed by atoms with Crippen molar-refractivity contribution in [3.05, 3.63) is 211 Å². The van der Waals surface area contributed by atoms with Gasteiger partial charge in [0, 0.05) is 109 Å². The predicted octanol–water partition coefficient (Wildman–Crippen LogP) is -5.68. The number of anilines is 10. The molecule has 0 saturated heterocycles. The first-order chi connectivity index (χ1) is 47.2. The molecule has 0 amide bonds. The van der Waals surface area contributed by atoms with Crippen LogP contribution in [0.15, 0.2) is 178 Å². The summed E-state index contributed by atoms with van der Waals surface area (Å²) in [6.07, 6.45) is 0.946. The Labute approximate surface area is 728 Å². The number of nitro groups is 2. The predicted molar refractivity (Wildman–Crippen MR) is 362 cm³/mol. The van der Waals surface area contributed by atoms with E-state index >= 15 is 0 Å². The Morgan fingerprint density at radius 3 is 1.03 bits per heavy atom. The fraction of sp³-hybridized carbons (Fsp3) is 0. The van der Waals surface area contributed by atoms with E-state index in [-0.39, 0.29) is 232 Å². The number of nitro benzene ring substituents is 2. The van der Waals surface area contributed by atoms with E-state index in [0.717, 1.165) is 48.5 Å². The summed E-state index contributed by atoms with van der Waals surface area (Å²) in [6, 6.07) is 34.0. The number of rotatable bonds is 18. The van der Waals surface area contributed by atoms with Crippen LogP contribution >= 0.6 is 23.2 Å². The van der Waals surface area contributed by atoms with Gasteiger partial charge in [0.25, 0.3) is 51.8 Å². The Morgan fingerprint density at radius 1 is 0.406 bits per heavy atom. The van der Waals surface area contributed by atoms with Crippen LogP contribution in [0.5, 0.6) is 11.5 Å². The molecule has 8 aromatic carbocycles. The number of aromatic nitrogens is 6. The largest absolute Gasteiger partial charge is 1.00 e. The van der Waals surface area contributed by atoms with E-state index in [2.05, 4.69) is 72.2 Å². The quantitative estimate of drug-likeness (QED) is 0.0125. The fourth-order valence-electron chi connectivity index (χ4n) is 9.78. The number of fused-ring (bicyclic) bond motifs is 4. The minimum atomic E-state index is -5.09. The first-order valence-electron chi connectivity index (χ1n) is 27.5. The molecule has 2 heterocycles. The van der Waals surface area contributed by atoms with Gasteiger partial charge in [-0.15, -0.1) is 0 Å². The number of allylic oxidation sites excluding steroid dienone is 2. The van der Waals surface area contributed by atoms with Crippen LogP contribution in [-0.2, 0) is 66.8 Å². The van der Waals surface area contributed by atoms with Gasteiger partial charge in [-0.2, -0.15) is 73.8 Å². The molecular weight excluding hydrogens is 1610 g/mol. The average Bonchev–Trinajstić information content (AvgIpc) is 0.766. The number of halogens is 2. The maximum atomic E-state index is 12.9. The summed E-state index contributed by atoms with van der Waals surface area (Å²) in [7, 11) is -20.2. The van der Waals surface area contributed by atoms with E-state index in [4.69, 9.17) is 23.2 Å². The summed E-state index contributed by atoms with van der Waals surface area (Å²) in [4.78, 5) is 67.9. The third-order valence-corrected chi connectivity index (χ3v) is 18.0. The molecule has 2 aliphatic rings. The number of hydrazone groups is 2. The zero-order chi connectivity index (χ0) is 71.9. The summed E-state index contributed by atoms with van der Waals surface area (Å²) in [5.41, 5.74) is 1.34. The number of phenols is 2. The number of carbonyl (C=O) groups excluding carboxylic acids is 2. The number of para-hydroxylation sites is 2. The molecule has 106 heavy (non-hydrogen) atoms. The Balaban J connectivity index is 0.000000360. The summed E-state index contributed by atoms with van der Waals surface area (Å²) in [5, 5.41) is 64.4. The van der Waals surface area contributed by atoms with Gasteiger partial charge in [0.05, 0.1) is 9.85 Å². The van der Waals surface area contributed by atoms with Gasteiger partial charge >= 0.3 is 148 Å². The molecule has 12 rings (SSSR count). The van der Waals surface area contributed by atoms with Crippen molar-refractivity contribution >= 4 is 187 Å². The third kappa shape index (κ3) is 21.0. The van der Waals surface area contributed by atoms with Crippen molar-refractivity contribution in [3.63, 3.8) is 0 Å². The zero-order valence-corrected chi connectivity index (χ0v) is 70.4. The van der Waals surface area contributed by atoms with Gasteiger partial charge in [0.15, 0.2) is 0 Å². The fourth-order valence-corrected chi connectivity index (χ4v) is 12.9. The Hall–Kier alpha value is -6.61. The van der Waals surface area contributed by atoms with Gasteiger partial charge in [-0.25, -0.2) is 0 Å². The molecule has 1 radical (unpaired) electrons. The zero-order valence-electron chi connectivity index (χ0n) is 54.6. The van der Waals surface area contributed by atoms with Crippen LogP contribution in [0.25, 0.3) is 31.4 Å². The molecule has 0 aliphatic heterocycles. The molecule has 2 aliphatic carbocycles. The Kier molecular flexibility index (Phi) is 31.2. The minimum absolute atomic E-state index is 0. The Morgan fingerprint density at radius 2 is 0.726 bits per heavy atom. The van der Waals surface area contributed by atoms with Crippen LogP contribution in [0.1, 0.15) is 22.3 Å². The molecule has 0 spiro atoms. The minimum Gasteiger partial charge on any atom is -0.505 e. The molecule has 48 heteroatoms. The van der Waals surface area contributed by atoms with E-state index in [0.29, 0.717) is 34.9 Å². The maximum Gasteiger partial charge on any atom is 1.00 e. The van der Waals surface area contributed by atoms with Gasteiger partial charge in [-0.05, 0) is 119 Å². The van der Waals surface area contributed by atoms with Gasteiger partial charge in [0.1, 0.15) is 53.9 Å². The third-order valence-electron chi connectivity index (χ3n) is 14.1. The summed E-state index contributed by atoms with van der Waals surface area (Å²) >= 11 is 12.2. The number of non-ortho nitro benzene ring substituents is 2. The molecule has 0 atom stereocenters. The second-order valence-electron chi connectivity index (χ2n) is 20.6. The molecule has 12 N–H and O–H groups in total. The van der Waals surface area contributed by atoms with Crippen molar-refractivity contribution in [3.8, 4) is 11.5 Å². The van der Waals surface area contributed by atoms with Gasteiger partial charge in [-0.1, -0.05) is 36.4 Å². The standard InChI is InChI=1S/2C29H19ClN8O10S2.Co.5Na/c2*30-27-33-28(31-15-4-2-1-3-5-15)35-29(34-27)32-16-6-8-18-14(10-16)11-23(50(46,47)48)25(26(18)40)37-36-24-19-9-7-17(38(41)42)12-20(19)22(13-21(24)39)49(43,44)45;;;;;;/h2*1-13,37,40H,(H,43,44,45)(H,46,47,48)(H2,31,32,33,34,35);;;;;;/q;;;5*+1/b2*36-24+;;;;;;. The van der Waals surface area contributed by atoms with Gasteiger partial charge in [0.2, 0.25) is 45.9 Å². The molecule has 2 aromatic heterocycles. The second kappa shape index (κ2) is 36.7. The molecule has 0 saturated carbocycles. The topological polar surface area (TPSA) is 553 Å². The SMILES string of the molecule is O=C1C=C(S(=O)(=O)O)c2cc([N+](=O)[O-])ccc2/C1=N\Nc1c(S(=O)(=O)O)cc2cc(Nc3nc(Cl)nc(Nc4ccccc4)n3)ccc2c1O.O=C1C=C(S(=O)(=O)O)c2cc([N+](=O)[O-])ccc2/C1=N\Nc1c(S(=O)(=O)O)cc2cc(Nc3nc(Cl)nc(Nc4ccccc4)n3)ccc2c1O.[Co].[Na+].[Na+].[Na+].[Na+].[Na+]. The van der Waals surface area contributed by atoms with E-state index in [1.807, 2.05) is 12.1 Å². The van der Waals surface area contributed by atoms with E-state index < -0.39 is 138 Å². The van der Waals surface area contributed by atoms with Crippen molar-refractivity contribution in [2.45, 2.75) is 9.79 Å². The Bertz CT molecular complexity index is 5490. The first-order valence-corrected chi connectivity index (χ1v) is 34.0. The number of aromatic hydroxyl groups is 2. The van der Waals surface area contributed by atoms with E-state index in [1.54, 1.807) is 48.5 Å². The summed E-state index contributed by atoms with van der Waals surface area (Å²) in [5.74, 6) is -3.42. The maximum absolute atomic E-state index is 12.9. The number of benzene rings is 8. The molecule has 36 nitrogen and oxygen atoms in total. The first kappa shape index (κ1) is 90.0. The summed E-state index contributed by atoms with van der Waals surface area (Å²) in [6.45, 7) is 0. The number of hydrogen-bond acceptors (Lipinski definition) is 30. The van der Waals surface area contributed by atoms with Gasteiger partial charge < -0.3 is 31.5 Å². The smallest absolute Gasteiger partial charge is 0.505 e. The molecule has 517 valence electrons. The van der Waals surface area contributed by atoms with Crippen LogP contribution in [0, 0.1) is 20.2 Å². The van der Waals surface area contributed by atoms with E-state index in [1.165, 1.54) is 36.4 Å².